The van der Waals surface area contributed by atoms with Crippen molar-refractivity contribution in [1.29, 1.82) is 0 Å². The highest BCUT2D eigenvalue weighted by Crippen LogP contribution is 2.21. The van der Waals surface area contributed by atoms with Crippen molar-refractivity contribution in [3.05, 3.63) is 64.1 Å². The summed E-state index contributed by atoms with van der Waals surface area (Å²) in [6.07, 6.45) is 2.23. The molecule has 0 bridgehead atoms. The second-order valence-corrected chi connectivity index (χ2v) is 7.17. The van der Waals surface area contributed by atoms with Crippen LogP contribution in [0.4, 0.5) is 0 Å². The monoisotopic (exact) mass is 355 g/mol. The smallest absolute Gasteiger partial charge is 0.275 e. The molecule has 0 unspecified atom stereocenters. The number of hydrogen-bond acceptors (Lipinski definition) is 4. The fourth-order valence-electron chi connectivity index (χ4n) is 2.52. The zero-order valence-electron chi connectivity index (χ0n) is 14.3. The van der Waals surface area contributed by atoms with Crippen LogP contribution in [0, 0.1) is 0 Å². The minimum Gasteiger partial charge on any atom is -0.504 e. The van der Waals surface area contributed by atoms with E-state index in [2.05, 4.69) is 30.3 Å². The summed E-state index contributed by atoms with van der Waals surface area (Å²) >= 11 is 1.66. The number of aromatic hydroxyl groups is 1. The Labute approximate surface area is 150 Å². The van der Waals surface area contributed by atoms with E-state index in [0.717, 1.165) is 12.1 Å². The van der Waals surface area contributed by atoms with Crippen molar-refractivity contribution in [3.63, 3.8) is 0 Å². The van der Waals surface area contributed by atoms with Gasteiger partial charge in [-0.3, -0.25) is 4.79 Å². The minimum atomic E-state index is -0.368. The summed E-state index contributed by atoms with van der Waals surface area (Å²) in [5.74, 6) is -0.0967. The normalized spacial score (nSPS) is 11.0. The Bertz CT molecular complexity index is 853. The van der Waals surface area contributed by atoms with Crippen LogP contribution in [-0.4, -0.2) is 27.3 Å². The van der Waals surface area contributed by atoms with Gasteiger partial charge in [0.15, 0.2) is 11.4 Å². The lowest BCUT2D eigenvalue weighted by Gasteiger charge is -2.07. The van der Waals surface area contributed by atoms with Gasteiger partial charge in [0.2, 0.25) is 0 Å². The molecule has 0 fully saturated rings. The van der Waals surface area contributed by atoms with Gasteiger partial charge in [0.1, 0.15) is 0 Å². The summed E-state index contributed by atoms with van der Waals surface area (Å²) in [5.41, 5.74) is 2.04. The van der Waals surface area contributed by atoms with Crippen molar-refractivity contribution in [3.8, 4) is 11.4 Å². The molecule has 2 N–H and O–H groups in total. The van der Waals surface area contributed by atoms with E-state index in [0.29, 0.717) is 12.5 Å². The van der Waals surface area contributed by atoms with Crippen molar-refractivity contribution < 1.29 is 9.90 Å². The van der Waals surface area contributed by atoms with E-state index in [4.69, 9.17) is 0 Å². The van der Waals surface area contributed by atoms with E-state index in [-0.39, 0.29) is 17.4 Å². The van der Waals surface area contributed by atoms with Crippen LogP contribution < -0.4 is 5.32 Å². The molecule has 0 aliphatic heterocycles. The average Bonchev–Trinajstić information content (AvgIpc) is 3.24. The molecule has 5 nitrogen and oxygen atoms in total. The highest BCUT2D eigenvalue weighted by Gasteiger charge is 2.17. The molecule has 2 aromatic heterocycles. The fourth-order valence-corrected chi connectivity index (χ4v) is 3.23. The first-order valence-electron chi connectivity index (χ1n) is 8.24. The van der Waals surface area contributed by atoms with Crippen molar-refractivity contribution in [2.75, 3.05) is 6.54 Å². The number of carbonyl (C=O) groups is 1. The van der Waals surface area contributed by atoms with Gasteiger partial charge in [0, 0.05) is 11.4 Å². The van der Waals surface area contributed by atoms with Crippen LogP contribution in [0.15, 0.2) is 48.0 Å². The maximum absolute atomic E-state index is 12.3. The highest BCUT2D eigenvalue weighted by molar-refractivity contribution is 7.09. The fraction of sp³-hybridized carbons (Fsp3) is 0.263. The second kappa shape index (κ2) is 7.53. The van der Waals surface area contributed by atoms with Gasteiger partial charge in [-0.25, -0.2) is 4.68 Å². The number of aromatic nitrogens is 2. The molecule has 0 saturated heterocycles. The number of thiophene rings is 1. The Morgan fingerprint density at radius 3 is 2.88 bits per heavy atom. The lowest BCUT2D eigenvalue weighted by atomic mass is 10.0. The first kappa shape index (κ1) is 17.2. The summed E-state index contributed by atoms with van der Waals surface area (Å²) in [7, 11) is 0. The van der Waals surface area contributed by atoms with E-state index < -0.39 is 0 Å². The number of nitrogens with one attached hydrogen (secondary N) is 1. The second-order valence-electron chi connectivity index (χ2n) is 6.14. The molecule has 3 aromatic rings. The molecule has 0 atom stereocenters. The average molecular weight is 355 g/mol. The zero-order chi connectivity index (χ0) is 17.8. The number of benzene rings is 1. The van der Waals surface area contributed by atoms with Crippen molar-refractivity contribution in [2.45, 2.75) is 26.2 Å². The van der Waals surface area contributed by atoms with Gasteiger partial charge in [0.25, 0.3) is 5.91 Å². The topological polar surface area (TPSA) is 67.2 Å². The van der Waals surface area contributed by atoms with Crippen LogP contribution in [0.2, 0.25) is 0 Å². The number of nitrogens with zero attached hydrogens (tertiary/aromatic N) is 2. The maximum Gasteiger partial charge on any atom is 0.275 e. The molecule has 0 aliphatic carbocycles. The molecule has 25 heavy (non-hydrogen) atoms. The predicted octanol–water partition coefficient (Wildman–Crippen LogP) is 3.74. The van der Waals surface area contributed by atoms with Gasteiger partial charge in [-0.2, -0.15) is 5.10 Å². The molecule has 0 radical (unpaired) electrons. The van der Waals surface area contributed by atoms with Gasteiger partial charge in [-0.15, -0.1) is 11.3 Å². The molecule has 1 amide bonds. The zero-order valence-corrected chi connectivity index (χ0v) is 15.1. The number of amides is 1. The number of hydrogen-bond donors (Lipinski definition) is 2. The van der Waals surface area contributed by atoms with Gasteiger partial charge < -0.3 is 10.4 Å². The standard InChI is InChI=1S/C19H21N3O2S/c1-13(2)14-5-3-6-15(11-14)22-12-17(23)18(21-22)19(24)20-9-8-16-7-4-10-25-16/h3-7,10-13,23H,8-9H2,1-2H3,(H,20,24). The van der Waals surface area contributed by atoms with E-state index >= 15 is 0 Å². The molecule has 0 aliphatic rings. The molecule has 3 rings (SSSR count). The van der Waals surface area contributed by atoms with Gasteiger partial charge >= 0.3 is 0 Å². The summed E-state index contributed by atoms with van der Waals surface area (Å²) in [4.78, 5) is 13.5. The van der Waals surface area contributed by atoms with Crippen LogP contribution in [0.1, 0.15) is 40.7 Å². The van der Waals surface area contributed by atoms with Crippen LogP contribution in [0.5, 0.6) is 5.75 Å². The summed E-state index contributed by atoms with van der Waals surface area (Å²) in [6, 6.07) is 11.9. The van der Waals surface area contributed by atoms with E-state index in [1.807, 2.05) is 35.7 Å². The lowest BCUT2D eigenvalue weighted by Crippen LogP contribution is -2.26. The predicted molar refractivity (Wildman–Crippen MR) is 99.7 cm³/mol. The maximum atomic E-state index is 12.3. The quantitative estimate of drug-likeness (QED) is 0.708. The third-order valence-corrected chi connectivity index (χ3v) is 4.88. The van der Waals surface area contributed by atoms with E-state index in [1.165, 1.54) is 21.3 Å². The van der Waals surface area contributed by atoms with Gasteiger partial charge in [-0.1, -0.05) is 32.0 Å². The van der Waals surface area contributed by atoms with Gasteiger partial charge in [-0.05, 0) is 41.5 Å². The molecule has 130 valence electrons. The molecule has 0 saturated carbocycles. The van der Waals surface area contributed by atoms with Crippen molar-refractivity contribution >= 4 is 17.2 Å². The molecule has 6 heteroatoms. The first-order valence-corrected chi connectivity index (χ1v) is 9.12. The van der Waals surface area contributed by atoms with Crippen molar-refractivity contribution in [2.24, 2.45) is 0 Å². The third kappa shape index (κ3) is 4.09. The summed E-state index contributed by atoms with van der Waals surface area (Å²) in [5, 5.41) is 19.2. The van der Waals surface area contributed by atoms with E-state index in [1.54, 1.807) is 11.3 Å². The Morgan fingerprint density at radius 2 is 2.16 bits per heavy atom. The largest absolute Gasteiger partial charge is 0.504 e. The van der Waals surface area contributed by atoms with Crippen LogP contribution in [-0.2, 0) is 6.42 Å². The number of rotatable bonds is 6. The molecule has 2 heterocycles. The Balaban J connectivity index is 1.71. The Hall–Kier alpha value is -2.60. The molecule has 0 spiro atoms. The number of carbonyl (C=O) groups excluding carboxylic acids is 1. The SMILES string of the molecule is CC(C)c1cccc(-n2cc(O)c(C(=O)NCCc3cccs3)n2)c1. The Morgan fingerprint density at radius 1 is 1.32 bits per heavy atom. The van der Waals surface area contributed by atoms with E-state index in [9.17, 15) is 9.90 Å². The third-order valence-electron chi connectivity index (χ3n) is 3.95. The summed E-state index contributed by atoms with van der Waals surface area (Å²) in [6.45, 7) is 4.74. The molecule has 1 aromatic carbocycles. The highest BCUT2D eigenvalue weighted by atomic mass is 32.1. The molecular weight excluding hydrogens is 334 g/mol. The van der Waals surface area contributed by atoms with Crippen LogP contribution in [0.3, 0.4) is 0 Å². The minimum absolute atomic E-state index is 0.0427. The Kier molecular flexibility index (Phi) is 5.19. The molecular formula is C19H21N3O2S. The van der Waals surface area contributed by atoms with Crippen LogP contribution in [0.25, 0.3) is 5.69 Å². The first-order chi connectivity index (χ1) is 12.0. The van der Waals surface area contributed by atoms with Crippen molar-refractivity contribution in [1.82, 2.24) is 15.1 Å². The lowest BCUT2D eigenvalue weighted by molar-refractivity contribution is 0.0946. The summed E-state index contributed by atoms with van der Waals surface area (Å²) < 4.78 is 1.54. The van der Waals surface area contributed by atoms with Crippen LogP contribution >= 0.6 is 11.3 Å². The van der Waals surface area contributed by atoms with Gasteiger partial charge in [0.05, 0.1) is 11.9 Å².